The maximum atomic E-state index is 13.1. The predicted octanol–water partition coefficient (Wildman–Crippen LogP) is 1.22. The highest BCUT2D eigenvalue weighted by molar-refractivity contribution is 5.95. The maximum Gasteiger partial charge on any atom is 0.269 e. The summed E-state index contributed by atoms with van der Waals surface area (Å²) < 4.78 is 1.77. The number of non-ortho nitro benzene ring substituents is 1. The Morgan fingerprint density at radius 3 is 2.53 bits per heavy atom. The molecular formula is C22H31N7O3. The lowest BCUT2D eigenvalue weighted by Gasteiger charge is -2.32. The third-order valence-corrected chi connectivity index (χ3v) is 6.39. The molecule has 0 aliphatic carbocycles. The Balaban J connectivity index is 1.50. The van der Waals surface area contributed by atoms with Crippen molar-refractivity contribution >= 4 is 11.6 Å². The molecule has 2 aromatic rings. The molecule has 2 aliphatic heterocycles. The minimum absolute atomic E-state index is 0.0335. The fourth-order valence-electron chi connectivity index (χ4n) is 4.44. The first kappa shape index (κ1) is 22.4. The molecule has 0 saturated carbocycles. The summed E-state index contributed by atoms with van der Waals surface area (Å²) in [6.45, 7) is 7.35. The quantitative estimate of drug-likeness (QED) is 0.491. The van der Waals surface area contributed by atoms with Gasteiger partial charge in [0.25, 0.3) is 11.6 Å². The highest BCUT2D eigenvalue weighted by Crippen LogP contribution is 2.30. The maximum absolute atomic E-state index is 13.1. The van der Waals surface area contributed by atoms with Crippen LogP contribution >= 0.6 is 0 Å². The molecule has 0 atom stereocenters. The van der Waals surface area contributed by atoms with E-state index in [0.29, 0.717) is 12.1 Å². The molecule has 1 aromatic carbocycles. The number of amides is 1. The van der Waals surface area contributed by atoms with Crippen LogP contribution in [0.15, 0.2) is 30.5 Å². The van der Waals surface area contributed by atoms with E-state index in [4.69, 9.17) is 0 Å². The largest absolute Gasteiger partial charge is 0.351 e. The molecule has 0 radical (unpaired) electrons. The first-order chi connectivity index (χ1) is 15.5. The molecule has 2 N–H and O–H groups in total. The zero-order valence-electron chi connectivity index (χ0n) is 18.5. The number of carbonyl (C=O) groups is 1. The van der Waals surface area contributed by atoms with Crippen LogP contribution in [-0.4, -0.2) is 89.8 Å². The molecular weight excluding hydrogens is 410 g/mol. The smallest absolute Gasteiger partial charge is 0.269 e. The topological polar surface area (TPSA) is 109 Å². The van der Waals surface area contributed by atoms with Gasteiger partial charge in [-0.25, -0.2) is 4.68 Å². The summed E-state index contributed by atoms with van der Waals surface area (Å²) in [7, 11) is 2.13. The lowest BCUT2D eigenvalue weighted by molar-refractivity contribution is -0.384. The second-order valence-electron chi connectivity index (χ2n) is 8.55. The summed E-state index contributed by atoms with van der Waals surface area (Å²) in [5.74, 6) is 0.0909. The van der Waals surface area contributed by atoms with Crippen LogP contribution in [-0.2, 0) is 0 Å². The van der Waals surface area contributed by atoms with Gasteiger partial charge in [0.15, 0.2) is 0 Å². The third-order valence-electron chi connectivity index (χ3n) is 6.39. The van der Waals surface area contributed by atoms with Crippen molar-refractivity contribution in [1.82, 2.24) is 30.2 Å². The number of benzene rings is 1. The molecule has 4 rings (SSSR count). The SMILES string of the molecule is CN1CCN(CCNC(=O)c2cnn(-c3ccc([N+](=O)[O-])cc3)c2C2CCNCC2)CC1. The van der Waals surface area contributed by atoms with Crippen LogP contribution in [0, 0.1) is 10.1 Å². The van der Waals surface area contributed by atoms with Crippen LogP contribution in [0.1, 0.15) is 34.8 Å². The first-order valence-electron chi connectivity index (χ1n) is 11.3. The second kappa shape index (κ2) is 10.2. The Labute approximate surface area is 187 Å². The number of nitrogens with zero attached hydrogens (tertiary/aromatic N) is 5. The molecule has 2 saturated heterocycles. The average molecular weight is 442 g/mol. The number of piperazine rings is 1. The molecule has 0 spiro atoms. The Kier molecular flexibility index (Phi) is 7.13. The van der Waals surface area contributed by atoms with Crippen LogP contribution in [0.2, 0.25) is 0 Å². The van der Waals surface area contributed by atoms with Crippen molar-refractivity contribution in [2.75, 3.05) is 59.4 Å². The van der Waals surface area contributed by atoms with Crippen LogP contribution in [0.3, 0.4) is 0 Å². The Hall–Kier alpha value is -2.82. The van der Waals surface area contributed by atoms with Crippen molar-refractivity contribution < 1.29 is 9.72 Å². The van der Waals surface area contributed by atoms with Gasteiger partial charge >= 0.3 is 0 Å². The summed E-state index contributed by atoms with van der Waals surface area (Å²) >= 11 is 0. The van der Waals surface area contributed by atoms with Gasteiger partial charge in [-0.15, -0.1) is 0 Å². The van der Waals surface area contributed by atoms with E-state index in [9.17, 15) is 14.9 Å². The zero-order chi connectivity index (χ0) is 22.5. The van der Waals surface area contributed by atoms with Gasteiger partial charge in [0, 0.05) is 57.3 Å². The number of nitro benzene ring substituents is 1. The molecule has 2 fully saturated rings. The highest BCUT2D eigenvalue weighted by atomic mass is 16.6. The van der Waals surface area contributed by atoms with Crippen molar-refractivity contribution in [3.05, 3.63) is 51.8 Å². The number of likely N-dealkylation sites (N-methyl/N-ethyl adjacent to an activating group) is 1. The van der Waals surface area contributed by atoms with Gasteiger partial charge in [-0.2, -0.15) is 5.10 Å². The molecule has 2 aliphatic rings. The molecule has 1 amide bonds. The molecule has 32 heavy (non-hydrogen) atoms. The van der Waals surface area contributed by atoms with Crippen molar-refractivity contribution in [2.45, 2.75) is 18.8 Å². The normalized spacial score (nSPS) is 18.5. The van der Waals surface area contributed by atoms with E-state index < -0.39 is 4.92 Å². The summed E-state index contributed by atoms with van der Waals surface area (Å²) in [5.41, 5.74) is 2.23. The van der Waals surface area contributed by atoms with Crippen LogP contribution in [0.25, 0.3) is 5.69 Å². The van der Waals surface area contributed by atoms with E-state index in [1.807, 2.05) is 0 Å². The molecule has 3 heterocycles. The number of nitrogens with one attached hydrogen (secondary N) is 2. The Bertz CT molecular complexity index is 930. The standard InChI is InChI=1S/C22H31N7O3/c1-26-12-14-27(15-13-26)11-10-24-22(30)20-16-25-28(21(20)17-6-8-23-9-7-17)18-2-4-19(5-3-18)29(31)32/h2-5,16-17,23H,6-15H2,1H3,(H,24,30). The molecule has 0 unspecified atom stereocenters. The molecule has 10 heteroatoms. The van der Waals surface area contributed by atoms with Gasteiger partial charge in [-0.1, -0.05) is 0 Å². The van der Waals surface area contributed by atoms with E-state index in [2.05, 4.69) is 32.6 Å². The van der Waals surface area contributed by atoms with E-state index in [-0.39, 0.29) is 17.5 Å². The first-order valence-corrected chi connectivity index (χ1v) is 11.3. The average Bonchev–Trinajstić information content (AvgIpc) is 3.26. The summed E-state index contributed by atoms with van der Waals surface area (Å²) in [6, 6.07) is 6.31. The van der Waals surface area contributed by atoms with Gasteiger partial charge in [0.1, 0.15) is 0 Å². The summed E-state index contributed by atoms with van der Waals surface area (Å²) in [6.07, 6.45) is 3.46. The number of rotatable bonds is 7. The zero-order valence-corrected chi connectivity index (χ0v) is 18.5. The lowest BCUT2D eigenvalue weighted by Crippen LogP contribution is -2.47. The van der Waals surface area contributed by atoms with E-state index in [1.54, 1.807) is 23.0 Å². The highest BCUT2D eigenvalue weighted by Gasteiger charge is 2.27. The molecule has 10 nitrogen and oxygen atoms in total. The molecule has 1 aromatic heterocycles. The predicted molar refractivity (Wildman–Crippen MR) is 121 cm³/mol. The van der Waals surface area contributed by atoms with Crippen LogP contribution < -0.4 is 10.6 Å². The third kappa shape index (κ3) is 5.14. The van der Waals surface area contributed by atoms with Crippen molar-refractivity contribution in [2.24, 2.45) is 0 Å². The molecule has 172 valence electrons. The van der Waals surface area contributed by atoms with E-state index >= 15 is 0 Å². The number of hydrogen-bond donors (Lipinski definition) is 2. The minimum atomic E-state index is -0.417. The Morgan fingerprint density at radius 2 is 1.88 bits per heavy atom. The van der Waals surface area contributed by atoms with Gasteiger partial charge in [-0.05, 0) is 45.1 Å². The number of carbonyl (C=O) groups excluding carboxylic acids is 1. The van der Waals surface area contributed by atoms with Gasteiger partial charge in [-0.3, -0.25) is 19.8 Å². The van der Waals surface area contributed by atoms with E-state index in [1.165, 1.54) is 12.1 Å². The summed E-state index contributed by atoms with van der Waals surface area (Å²) in [5, 5.41) is 22.0. The van der Waals surface area contributed by atoms with Crippen LogP contribution in [0.4, 0.5) is 5.69 Å². The van der Waals surface area contributed by atoms with Gasteiger partial charge < -0.3 is 15.5 Å². The Morgan fingerprint density at radius 1 is 1.19 bits per heavy atom. The summed E-state index contributed by atoms with van der Waals surface area (Å²) in [4.78, 5) is 28.4. The number of aromatic nitrogens is 2. The molecule has 0 bridgehead atoms. The van der Waals surface area contributed by atoms with Crippen molar-refractivity contribution in [3.8, 4) is 5.69 Å². The van der Waals surface area contributed by atoms with Crippen LogP contribution in [0.5, 0.6) is 0 Å². The number of nitro groups is 1. The number of hydrogen-bond acceptors (Lipinski definition) is 7. The fourth-order valence-corrected chi connectivity index (χ4v) is 4.44. The van der Waals surface area contributed by atoms with Crippen molar-refractivity contribution in [3.63, 3.8) is 0 Å². The van der Waals surface area contributed by atoms with Gasteiger partial charge in [0.05, 0.1) is 28.1 Å². The number of piperidine rings is 1. The lowest BCUT2D eigenvalue weighted by atomic mass is 9.91. The minimum Gasteiger partial charge on any atom is -0.351 e. The fraction of sp³-hybridized carbons (Fsp3) is 0.545. The second-order valence-corrected chi connectivity index (χ2v) is 8.55. The van der Waals surface area contributed by atoms with E-state index in [0.717, 1.165) is 70.0 Å². The monoisotopic (exact) mass is 441 g/mol. The van der Waals surface area contributed by atoms with Gasteiger partial charge in [0.2, 0.25) is 0 Å². The van der Waals surface area contributed by atoms with Crippen molar-refractivity contribution in [1.29, 1.82) is 0 Å².